The molecule has 0 spiro atoms. The molecule has 1 heterocycles. The summed E-state index contributed by atoms with van der Waals surface area (Å²) in [6, 6.07) is 0. The van der Waals surface area contributed by atoms with Crippen LogP contribution in [0.1, 0.15) is 20.8 Å². The molecule has 4 nitrogen and oxygen atoms in total. The molecule has 1 atom stereocenters. The molecule has 0 bridgehead atoms. The van der Waals surface area contributed by atoms with Crippen LogP contribution in [0, 0.1) is 5.41 Å². The molecule has 0 aromatic rings. The number of epoxide rings is 1. The minimum atomic E-state index is -0.773. The number of carbonyl (C=O) groups is 1. The van der Waals surface area contributed by atoms with E-state index in [1.165, 1.54) is 0 Å². The van der Waals surface area contributed by atoms with Crippen LogP contribution in [-0.2, 0) is 9.47 Å². The largest absolute Gasteiger partial charge is 0.435 e. The molecule has 0 unspecified atom stereocenters. The molecule has 68 valence electrons. The van der Waals surface area contributed by atoms with Gasteiger partial charge in [-0.1, -0.05) is 20.8 Å². The number of rotatable bonds is 1. The molecule has 1 aliphatic heterocycles. The Labute approximate surface area is 71.6 Å². The monoisotopic (exact) mass is 171 g/mol. The van der Waals surface area contributed by atoms with E-state index in [1.54, 1.807) is 0 Å². The highest BCUT2D eigenvalue weighted by Crippen LogP contribution is 2.45. The van der Waals surface area contributed by atoms with Gasteiger partial charge in [-0.15, -0.1) is 0 Å². The van der Waals surface area contributed by atoms with E-state index in [0.29, 0.717) is 6.61 Å². The number of hydrogen-bond acceptors (Lipinski definition) is 3. The molecule has 0 aliphatic carbocycles. The lowest BCUT2D eigenvalue weighted by atomic mass is 9.89. The fraction of sp³-hybridized carbons (Fsp3) is 0.750. The number of ether oxygens (including phenoxy) is 2. The Hall–Kier alpha value is -0.900. The molecule has 1 aliphatic rings. The van der Waals surface area contributed by atoms with E-state index >= 15 is 0 Å². The van der Waals surface area contributed by atoms with Gasteiger partial charge in [-0.2, -0.15) is 4.99 Å². The highest BCUT2D eigenvalue weighted by Gasteiger charge is 2.58. The molecular formula is C8H13NO3. The van der Waals surface area contributed by atoms with Crippen LogP contribution in [-0.4, -0.2) is 25.2 Å². The minimum Gasteiger partial charge on any atom is -0.412 e. The van der Waals surface area contributed by atoms with Crippen molar-refractivity contribution in [1.29, 1.82) is 0 Å². The van der Waals surface area contributed by atoms with Crippen molar-refractivity contribution in [3.05, 3.63) is 0 Å². The molecule has 1 fully saturated rings. The van der Waals surface area contributed by atoms with Gasteiger partial charge in [0.2, 0.25) is 5.79 Å². The summed E-state index contributed by atoms with van der Waals surface area (Å²) in [6.45, 7) is 9.34. The molecule has 0 saturated carbocycles. The van der Waals surface area contributed by atoms with Gasteiger partial charge in [0.1, 0.15) is 6.61 Å². The van der Waals surface area contributed by atoms with E-state index in [0.717, 1.165) is 0 Å². The summed E-state index contributed by atoms with van der Waals surface area (Å²) in [4.78, 5) is 13.9. The molecule has 4 heteroatoms. The summed E-state index contributed by atoms with van der Waals surface area (Å²) in [5, 5.41) is 0. The fourth-order valence-corrected chi connectivity index (χ4v) is 0.884. The normalized spacial score (nSPS) is 27.9. The summed E-state index contributed by atoms with van der Waals surface area (Å²) in [5.74, 6) is -0.773. The summed E-state index contributed by atoms with van der Waals surface area (Å²) in [6.07, 6.45) is -0.678. The minimum absolute atomic E-state index is 0.215. The maximum Gasteiger partial charge on any atom is 0.435 e. The van der Waals surface area contributed by atoms with Crippen LogP contribution in [0.2, 0.25) is 0 Å². The second kappa shape index (κ2) is 2.55. The summed E-state index contributed by atoms with van der Waals surface area (Å²) < 4.78 is 10.1. The first-order chi connectivity index (χ1) is 5.41. The van der Waals surface area contributed by atoms with Crippen LogP contribution in [0.15, 0.2) is 4.99 Å². The van der Waals surface area contributed by atoms with Crippen LogP contribution in [0.3, 0.4) is 0 Å². The van der Waals surface area contributed by atoms with Gasteiger partial charge < -0.3 is 9.47 Å². The maximum atomic E-state index is 10.8. The zero-order valence-corrected chi connectivity index (χ0v) is 7.59. The average Bonchev–Trinajstić information content (AvgIpc) is 2.67. The SMILES string of the molecule is C=NC(=O)O[C@@]1(C(C)(C)C)CO1. The Kier molecular flexibility index (Phi) is 1.96. The molecule has 0 N–H and O–H groups in total. The lowest BCUT2D eigenvalue weighted by Crippen LogP contribution is -2.34. The van der Waals surface area contributed by atoms with E-state index < -0.39 is 11.9 Å². The molecule has 0 radical (unpaired) electrons. The Morgan fingerprint density at radius 3 is 2.42 bits per heavy atom. The van der Waals surface area contributed by atoms with Crippen molar-refractivity contribution in [2.45, 2.75) is 26.6 Å². The Morgan fingerprint density at radius 1 is 1.67 bits per heavy atom. The third-order valence-electron chi connectivity index (χ3n) is 1.93. The van der Waals surface area contributed by atoms with Crippen LogP contribution < -0.4 is 0 Å². The molecule has 0 aromatic heterocycles. The van der Waals surface area contributed by atoms with Gasteiger partial charge in [0.15, 0.2) is 0 Å². The maximum absolute atomic E-state index is 10.8. The van der Waals surface area contributed by atoms with Crippen molar-refractivity contribution in [3.63, 3.8) is 0 Å². The lowest BCUT2D eigenvalue weighted by molar-refractivity contribution is -0.0603. The zero-order chi connectivity index (χ0) is 9.41. The lowest BCUT2D eigenvalue weighted by Gasteiger charge is -2.25. The van der Waals surface area contributed by atoms with Crippen molar-refractivity contribution < 1.29 is 14.3 Å². The summed E-state index contributed by atoms with van der Waals surface area (Å²) in [5.41, 5.74) is -0.215. The standard InChI is InChI=1S/C8H13NO3/c1-7(2,3)8(5-11-8)12-6(10)9-4/h4-5H2,1-3H3/t8-/m1/s1. The smallest absolute Gasteiger partial charge is 0.412 e. The van der Waals surface area contributed by atoms with E-state index in [1.807, 2.05) is 20.8 Å². The highest BCUT2D eigenvalue weighted by atomic mass is 16.8. The zero-order valence-electron chi connectivity index (χ0n) is 7.59. The first kappa shape index (κ1) is 9.19. The molecule has 12 heavy (non-hydrogen) atoms. The van der Waals surface area contributed by atoms with Gasteiger partial charge in [0.05, 0.1) is 0 Å². The quantitative estimate of drug-likeness (QED) is 0.444. The average molecular weight is 171 g/mol. The Balaban J connectivity index is 2.62. The molecule has 1 saturated heterocycles. The first-order valence-corrected chi connectivity index (χ1v) is 3.75. The molecule has 1 rings (SSSR count). The van der Waals surface area contributed by atoms with Crippen molar-refractivity contribution in [2.75, 3.05) is 6.61 Å². The highest BCUT2D eigenvalue weighted by molar-refractivity contribution is 5.73. The molecular weight excluding hydrogens is 158 g/mol. The van der Waals surface area contributed by atoms with E-state index in [4.69, 9.17) is 9.47 Å². The van der Waals surface area contributed by atoms with Gasteiger partial charge >= 0.3 is 6.09 Å². The fourth-order valence-electron chi connectivity index (χ4n) is 0.884. The second-order valence-electron chi connectivity index (χ2n) is 3.82. The van der Waals surface area contributed by atoms with Crippen molar-refractivity contribution in [1.82, 2.24) is 0 Å². The van der Waals surface area contributed by atoms with Gasteiger partial charge in [0, 0.05) is 5.41 Å². The van der Waals surface area contributed by atoms with Gasteiger partial charge in [-0.3, -0.25) is 0 Å². The second-order valence-corrected chi connectivity index (χ2v) is 3.82. The van der Waals surface area contributed by atoms with Crippen LogP contribution in [0.25, 0.3) is 0 Å². The topological polar surface area (TPSA) is 51.2 Å². The predicted molar refractivity (Wildman–Crippen MR) is 44.2 cm³/mol. The summed E-state index contributed by atoms with van der Waals surface area (Å²) in [7, 11) is 0. The van der Waals surface area contributed by atoms with Crippen LogP contribution >= 0.6 is 0 Å². The third kappa shape index (κ3) is 1.48. The summed E-state index contributed by atoms with van der Waals surface area (Å²) >= 11 is 0. The number of nitrogens with zero attached hydrogens (tertiary/aromatic N) is 1. The van der Waals surface area contributed by atoms with Gasteiger partial charge in [-0.05, 0) is 6.72 Å². The number of carbonyl (C=O) groups excluding carboxylic acids is 1. The van der Waals surface area contributed by atoms with E-state index in [-0.39, 0.29) is 5.41 Å². The van der Waals surface area contributed by atoms with E-state index in [9.17, 15) is 4.79 Å². The van der Waals surface area contributed by atoms with E-state index in [2.05, 4.69) is 11.7 Å². The van der Waals surface area contributed by atoms with Gasteiger partial charge in [-0.25, -0.2) is 4.79 Å². The Morgan fingerprint density at radius 2 is 2.17 bits per heavy atom. The predicted octanol–water partition coefficient (Wildman–Crippen LogP) is 1.60. The third-order valence-corrected chi connectivity index (χ3v) is 1.93. The van der Waals surface area contributed by atoms with Gasteiger partial charge in [0.25, 0.3) is 0 Å². The van der Waals surface area contributed by atoms with Crippen molar-refractivity contribution >= 4 is 12.8 Å². The molecule has 0 aromatic carbocycles. The van der Waals surface area contributed by atoms with Crippen LogP contribution in [0.5, 0.6) is 0 Å². The first-order valence-electron chi connectivity index (χ1n) is 3.75. The Bertz CT molecular complexity index is 213. The number of amides is 1. The molecule has 1 amide bonds. The van der Waals surface area contributed by atoms with Crippen LogP contribution in [0.4, 0.5) is 4.79 Å². The van der Waals surface area contributed by atoms with Crippen molar-refractivity contribution in [2.24, 2.45) is 10.4 Å². The number of aliphatic imine (C=N–C) groups is 1. The number of hydrogen-bond donors (Lipinski definition) is 0. The van der Waals surface area contributed by atoms with Crippen molar-refractivity contribution in [3.8, 4) is 0 Å².